The second-order valence-electron chi connectivity index (χ2n) is 17.7. The summed E-state index contributed by atoms with van der Waals surface area (Å²) in [5.41, 5.74) is 5.37. The molecule has 2 atom stereocenters. The van der Waals surface area contributed by atoms with E-state index >= 15 is 0 Å². The molecule has 0 rings (SSSR count). The molecule has 0 aliphatic rings. The molecule has 10 heteroatoms. The Hall–Kier alpha value is -1.77. The highest BCUT2D eigenvalue weighted by atomic mass is 31.2. The van der Waals surface area contributed by atoms with Crippen LogP contribution in [0, 0.1) is 0 Å². The maximum Gasteiger partial charge on any atom is 0.472 e. The molecule has 9 nitrogen and oxygen atoms in total. The summed E-state index contributed by atoms with van der Waals surface area (Å²) in [5.74, 6) is -0.828. The smallest absolute Gasteiger partial charge is 0.462 e. The first-order valence-electron chi connectivity index (χ1n) is 26.5. The monoisotopic (exact) mass is 910 g/mol. The number of carbonyl (C=O) groups is 2. The molecule has 0 fully saturated rings. The SMILES string of the molecule is CC/C=C\C/C=C\C/C=C\CCCCCCCCCC(=O)OC(COC(=O)CCCCCCCCCCCCCCCCCCCCCCCCCCC)COP(=O)(O)OCCN. The van der Waals surface area contributed by atoms with E-state index in [1.807, 2.05) is 0 Å². The van der Waals surface area contributed by atoms with Crippen molar-refractivity contribution in [3.05, 3.63) is 36.5 Å². The van der Waals surface area contributed by atoms with Crippen molar-refractivity contribution < 1.29 is 37.6 Å². The Morgan fingerprint density at radius 2 is 0.873 bits per heavy atom. The van der Waals surface area contributed by atoms with Crippen molar-refractivity contribution in [2.75, 3.05) is 26.4 Å². The Labute approximate surface area is 388 Å². The van der Waals surface area contributed by atoms with Gasteiger partial charge in [0.2, 0.25) is 0 Å². The van der Waals surface area contributed by atoms with Crippen LogP contribution in [0.4, 0.5) is 0 Å². The predicted octanol–water partition coefficient (Wildman–Crippen LogP) is 16.1. The second kappa shape index (κ2) is 49.7. The summed E-state index contributed by atoms with van der Waals surface area (Å²) < 4.78 is 32.9. The van der Waals surface area contributed by atoms with Crippen LogP contribution < -0.4 is 5.73 Å². The molecule has 0 aliphatic carbocycles. The van der Waals surface area contributed by atoms with Gasteiger partial charge in [0.25, 0.3) is 0 Å². The zero-order chi connectivity index (χ0) is 46.0. The molecule has 63 heavy (non-hydrogen) atoms. The molecule has 0 saturated heterocycles. The topological polar surface area (TPSA) is 134 Å². The zero-order valence-electron chi connectivity index (χ0n) is 41.1. The molecule has 0 aromatic rings. The first-order chi connectivity index (χ1) is 30.8. The summed E-state index contributed by atoms with van der Waals surface area (Å²) in [5, 5.41) is 0. The summed E-state index contributed by atoms with van der Waals surface area (Å²) >= 11 is 0. The predicted molar refractivity (Wildman–Crippen MR) is 266 cm³/mol. The van der Waals surface area contributed by atoms with E-state index in [-0.39, 0.29) is 38.6 Å². The second-order valence-corrected chi connectivity index (χ2v) is 19.2. The fourth-order valence-corrected chi connectivity index (χ4v) is 8.42. The number of rotatable bonds is 50. The third-order valence-electron chi connectivity index (χ3n) is 11.5. The van der Waals surface area contributed by atoms with Crippen molar-refractivity contribution in [1.82, 2.24) is 0 Å². The maximum atomic E-state index is 12.6. The minimum Gasteiger partial charge on any atom is -0.462 e. The average Bonchev–Trinajstić information content (AvgIpc) is 3.27. The molecule has 2 unspecified atom stereocenters. The number of hydrogen-bond donors (Lipinski definition) is 2. The Morgan fingerprint density at radius 3 is 1.30 bits per heavy atom. The molecule has 0 saturated carbocycles. The van der Waals surface area contributed by atoms with E-state index in [2.05, 4.69) is 50.3 Å². The molecule has 0 amide bonds. The average molecular weight is 910 g/mol. The van der Waals surface area contributed by atoms with Crippen molar-refractivity contribution >= 4 is 19.8 Å². The normalized spacial score (nSPS) is 13.4. The first kappa shape index (κ1) is 61.2. The maximum absolute atomic E-state index is 12.6. The van der Waals surface area contributed by atoms with Gasteiger partial charge in [-0.05, 0) is 44.9 Å². The lowest BCUT2D eigenvalue weighted by atomic mass is 10.0. The number of nitrogens with two attached hydrogens (primary N) is 1. The third kappa shape index (κ3) is 49.5. The Bertz CT molecular complexity index is 1130. The van der Waals surface area contributed by atoms with Crippen molar-refractivity contribution in [1.29, 1.82) is 0 Å². The Kier molecular flexibility index (Phi) is 48.3. The lowest BCUT2D eigenvalue weighted by Gasteiger charge is -2.19. The number of phosphoric ester groups is 1. The van der Waals surface area contributed by atoms with Crippen LogP contribution in [-0.4, -0.2) is 49.3 Å². The molecule has 0 heterocycles. The van der Waals surface area contributed by atoms with E-state index in [4.69, 9.17) is 24.3 Å². The molecule has 0 bridgehead atoms. The van der Waals surface area contributed by atoms with Crippen LogP contribution in [0.25, 0.3) is 0 Å². The van der Waals surface area contributed by atoms with E-state index in [0.717, 1.165) is 64.2 Å². The van der Waals surface area contributed by atoms with Gasteiger partial charge in [-0.1, -0.05) is 237 Å². The van der Waals surface area contributed by atoms with Gasteiger partial charge in [-0.25, -0.2) is 4.57 Å². The van der Waals surface area contributed by atoms with Gasteiger partial charge in [-0.2, -0.15) is 0 Å². The number of hydrogen-bond acceptors (Lipinski definition) is 8. The van der Waals surface area contributed by atoms with Gasteiger partial charge in [0.15, 0.2) is 6.10 Å². The van der Waals surface area contributed by atoms with Crippen LogP contribution in [0.5, 0.6) is 0 Å². The van der Waals surface area contributed by atoms with Crippen LogP contribution in [0.1, 0.15) is 258 Å². The van der Waals surface area contributed by atoms with Gasteiger partial charge >= 0.3 is 19.8 Å². The molecule has 0 aliphatic heterocycles. The summed E-state index contributed by atoms with van der Waals surface area (Å²) in [6.45, 7) is 3.66. The summed E-state index contributed by atoms with van der Waals surface area (Å²) in [4.78, 5) is 35.1. The standard InChI is InChI=1S/C53H100NO8P/c1-3-5-7-9-11-13-15-17-19-21-22-23-24-25-26-27-28-30-31-33-35-37-39-41-43-45-52(55)59-49-51(50-61-63(57,58)60-48-47-54)62-53(56)46-44-42-40-38-36-34-32-29-20-18-16-14-12-10-8-6-4-2/h6,8,12,14,18,20,51H,3-5,7,9-11,13,15-17,19,21-50,54H2,1-2H3,(H,57,58)/b8-6-,14-12-,20-18-. The zero-order valence-corrected chi connectivity index (χ0v) is 42.0. The first-order valence-corrected chi connectivity index (χ1v) is 28.0. The van der Waals surface area contributed by atoms with Crippen molar-refractivity contribution in [2.24, 2.45) is 5.73 Å². The van der Waals surface area contributed by atoms with Gasteiger partial charge in [0.1, 0.15) is 6.61 Å². The molecule has 3 N–H and O–H groups in total. The van der Waals surface area contributed by atoms with E-state index < -0.39 is 26.5 Å². The van der Waals surface area contributed by atoms with E-state index in [0.29, 0.717) is 6.42 Å². The van der Waals surface area contributed by atoms with Crippen molar-refractivity contribution in [3.8, 4) is 0 Å². The fourth-order valence-electron chi connectivity index (χ4n) is 7.65. The molecule has 0 spiro atoms. The minimum atomic E-state index is -4.38. The fraction of sp³-hybridized carbons (Fsp3) is 0.849. The highest BCUT2D eigenvalue weighted by Gasteiger charge is 2.26. The van der Waals surface area contributed by atoms with Gasteiger partial charge in [-0.3, -0.25) is 18.6 Å². The highest BCUT2D eigenvalue weighted by molar-refractivity contribution is 7.47. The lowest BCUT2D eigenvalue weighted by Crippen LogP contribution is -2.29. The van der Waals surface area contributed by atoms with E-state index in [1.54, 1.807) is 0 Å². The number of phosphoric acid groups is 1. The Balaban J connectivity index is 3.96. The number of carbonyl (C=O) groups excluding carboxylic acids is 2. The third-order valence-corrected chi connectivity index (χ3v) is 12.5. The molecule has 0 aromatic heterocycles. The van der Waals surface area contributed by atoms with Gasteiger partial charge in [0, 0.05) is 19.4 Å². The number of allylic oxidation sites excluding steroid dienone is 6. The largest absolute Gasteiger partial charge is 0.472 e. The minimum absolute atomic E-state index is 0.0523. The van der Waals surface area contributed by atoms with E-state index in [1.165, 1.54) is 161 Å². The number of unbranched alkanes of at least 4 members (excludes halogenated alkanes) is 31. The molecule has 370 valence electrons. The van der Waals surface area contributed by atoms with Gasteiger partial charge < -0.3 is 20.1 Å². The lowest BCUT2D eigenvalue weighted by molar-refractivity contribution is -0.161. The van der Waals surface area contributed by atoms with Crippen LogP contribution in [0.2, 0.25) is 0 Å². The molecular formula is C53H100NO8P. The van der Waals surface area contributed by atoms with Crippen LogP contribution in [-0.2, 0) is 32.7 Å². The number of esters is 2. The van der Waals surface area contributed by atoms with Crippen molar-refractivity contribution in [2.45, 2.75) is 264 Å². The van der Waals surface area contributed by atoms with Gasteiger partial charge in [0.05, 0.1) is 13.2 Å². The summed E-state index contributed by atoms with van der Waals surface area (Å²) in [6.07, 6.45) is 57.7. The molecular weight excluding hydrogens is 810 g/mol. The Morgan fingerprint density at radius 1 is 0.492 bits per heavy atom. The molecule has 0 aromatic carbocycles. The summed E-state index contributed by atoms with van der Waals surface area (Å²) in [7, 11) is -4.38. The number of ether oxygens (including phenoxy) is 2. The quantitative estimate of drug-likeness (QED) is 0.0265. The van der Waals surface area contributed by atoms with E-state index in [9.17, 15) is 19.0 Å². The van der Waals surface area contributed by atoms with Crippen LogP contribution in [0.15, 0.2) is 36.5 Å². The summed E-state index contributed by atoms with van der Waals surface area (Å²) in [6, 6.07) is 0. The molecule has 0 radical (unpaired) electrons. The highest BCUT2D eigenvalue weighted by Crippen LogP contribution is 2.43. The van der Waals surface area contributed by atoms with Crippen molar-refractivity contribution in [3.63, 3.8) is 0 Å². The van der Waals surface area contributed by atoms with Crippen LogP contribution in [0.3, 0.4) is 0 Å². The van der Waals surface area contributed by atoms with Crippen LogP contribution >= 0.6 is 7.82 Å². The van der Waals surface area contributed by atoms with Gasteiger partial charge in [-0.15, -0.1) is 0 Å².